The van der Waals surface area contributed by atoms with Gasteiger partial charge in [0.2, 0.25) is 5.91 Å². The maximum absolute atomic E-state index is 11.8. The highest BCUT2D eigenvalue weighted by Gasteiger charge is 2.23. The number of hydrogen-bond donors (Lipinski definition) is 2. The van der Waals surface area contributed by atoms with Gasteiger partial charge >= 0.3 is 0 Å². The smallest absolute Gasteiger partial charge is 0.220 e. The van der Waals surface area contributed by atoms with Gasteiger partial charge in [-0.3, -0.25) is 4.79 Å². The first-order chi connectivity index (χ1) is 11.7. The molecule has 2 rings (SSSR count). The van der Waals surface area contributed by atoms with Gasteiger partial charge in [0.25, 0.3) is 0 Å². The van der Waals surface area contributed by atoms with Crippen LogP contribution in [-0.2, 0) is 4.79 Å². The molecule has 0 aromatic heterocycles. The van der Waals surface area contributed by atoms with Crippen LogP contribution in [0.5, 0.6) is 11.5 Å². The largest absolute Gasteiger partial charge is 0.497 e. The Morgan fingerprint density at radius 1 is 1.19 bits per heavy atom. The summed E-state index contributed by atoms with van der Waals surface area (Å²) in [6.45, 7) is 3.54. The van der Waals surface area contributed by atoms with Gasteiger partial charge in [0.05, 0.1) is 14.2 Å². The van der Waals surface area contributed by atoms with Crippen molar-refractivity contribution in [3.63, 3.8) is 0 Å². The molecule has 0 bridgehead atoms. The fourth-order valence-electron chi connectivity index (χ4n) is 2.98. The van der Waals surface area contributed by atoms with Gasteiger partial charge < -0.3 is 25.0 Å². The Morgan fingerprint density at radius 3 is 2.42 bits per heavy atom. The lowest BCUT2D eigenvalue weighted by Crippen LogP contribution is -2.31. The topological polar surface area (TPSA) is 62.8 Å². The molecule has 8 heteroatoms. The summed E-state index contributed by atoms with van der Waals surface area (Å²) in [4.78, 5) is 14.1. The summed E-state index contributed by atoms with van der Waals surface area (Å²) in [5.74, 6) is 2.22. The molecule has 1 atom stereocenters. The van der Waals surface area contributed by atoms with Crippen molar-refractivity contribution < 1.29 is 14.3 Å². The number of carbonyl (C=O) groups excluding carboxylic acids is 1. The fourth-order valence-corrected chi connectivity index (χ4v) is 2.98. The number of hydrogen-bond acceptors (Lipinski definition) is 5. The highest BCUT2D eigenvalue weighted by molar-refractivity contribution is 5.85. The molecule has 6 nitrogen and oxygen atoms in total. The number of nitrogens with zero attached hydrogens (tertiary/aromatic N) is 1. The number of ether oxygens (including phenoxy) is 2. The van der Waals surface area contributed by atoms with Crippen LogP contribution in [0.25, 0.3) is 0 Å². The number of anilines is 1. The normalized spacial score (nSPS) is 15.7. The molecule has 0 radical (unpaired) electrons. The zero-order chi connectivity index (χ0) is 17.4. The molecule has 1 aromatic rings. The lowest BCUT2D eigenvalue weighted by molar-refractivity contribution is -0.121. The number of halogens is 2. The Hall–Kier alpha value is -1.37. The Kier molecular flexibility index (Phi) is 12.2. The number of nitrogens with one attached hydrogen (secondary N) is 2. The molecule has 1 aliphatic rings. The standard InChI is InChI=1S/C18H29N3O3.2ClH/c1-19-7-4-5-18(22)20-12-14-6-8-21(13-14)15-9-16(23-2)11-17(10-15)24-3;;/h9-11,14,19H,4-8,12-13H2,1-3H3,(H,20,22);2*1H. The SMILES string of the molecule is CNCCCC(=O)NCC1CCN(c2cc(OC)cc(OC)c2)C1.Cl.Cl. The highest BCUT2D eigenvalue weighted by atomic mass is 35.5. The van der Waals surface area contributed by atoms with Crippen LogP contribution < -0.4 is 25.0 Å². The number of methoxy groups -OCH3 is 2. The van der Waals surface area contributed by atoms with Crippen molar-refractivity contribution in [2.24, 2.45) is 5.92 Å². The van der Waals surface area contributed by atoms with Crippen molar-refractivity contribution in [2.45, 2.75) is 19.3 Å². The Labute approximate surface area is 168 Å². The third kappa shape index (κ3) is 7.48. The van der Waals surface area contributed by atoms with Gasteiger partial charge in [-0.05, 0) is 32.4 Å². The van der Waals surface area contributed by atoms with Gasteiger partial charge in [-0.15, -0.1) is 24.8 Å². The van der Waals surface area contributed by atoms with E-state index >= 15 is 0 Å². The number of amides is 1. The molecule has 26 heavy (non-hydrogen) atoms. The second kappa shape index (κ2) is 12.9. The van der Waals surface area contributed by atoms with Crippen molar-refractivity contribution in [2.75, 3.05) is 52.3 Å². The van der Waals surface area contributed by atoms with Gasteiger partial charge in [-0.1, -0.05) is 0 Å². The maximum Gasteiger partial charge on any atom is 0.220 e. The summed E-state index contributed by atoms with van der Waals surface area (Å²) >= 11 is 0. The third-order valence-corrected chi connectivity index (χ3v) is 4.41. The summed E-state index contributed by atoms with van der Waals surface area (Å²) in [6, 6.07) is 5.94. The van der Waals surface area contributed by atoms with Crippen molar-refractivity contribution in [1.82, 2.24) is 10.6 Å². The molecule has 0 saturated carbocycles. The van der Waals surface area contributed by atoms with Crippen LogP contribution >= 0.6 is 24.8 Å². The first kappa shape index (κ1) is 24.6. The van der Waals surface area contributed by atoms with E-state index in [1.165, 1.54) is 0 Å². The van der Waals surface area contributed by atoms with E-state index in [1.807, 2.05) is 25.2 Å². The molecular weight excluding hydrogens is 377 g/mol. The van der Waals surface area contributed by atoms with Gasteiger partial charge in [0.1, 0.15) is 11.5 Å². The van der Waals surface area contributed by atoms with E-state index < -0.39 is 0 Å². The van der Waals surface area contributed by atoms with E-state index in [1.54, 1.807) is 14.2 Å². The quantitative estimate of drug-likeness (QED) is 0.615. The number of rotatable bonds is 9. The van der Waals surface area contributed by atoms with E-state index in [0.717, 1.165) is 56.2 Å². The minimum absolute atomic E-state index is 0. The monoisotopic (exact) mass is 407 g/mol. The number of carbonyl (C=O) groups is 1. The summed E-state index contributed by atoms with van der Waals surface area (Å²) < 4.78 is 10.7. The fraction of sp³-hybridized carbons (Fsp3) is 0.611. The van der Waals surface area contributed by atoms with E-state index in [9.17, 15) is 4.79 Å². The van der Waals surface area contributed by atoms with E-state index in [-0.39, 0.29) is 30.7 Å². The summed E-state index contributed by atoms with van der Waals surface area (Å²) in [5, 5.41) is 6.11. The van der Waals surface area contributed by atoms with Crippen LogP contribution in [-0.4, -0.2) is 53.4 Å². The van der Waals surface area contributed by atoms with Gasteiger partial charge in [-0.25, -0.2) is 0 Å². The van der Waals surface area contributed by atoms with Gasteiger partial charge in [0.15, 0.2) is 0 Å². The first-order valence-corrected chi connectivity index (χ1v) is 8.55. The van der Waals surface area contributed by atoms with E-state index in [2.05, 4.69) is 15.5 Å². The van der Waals surface area contributed by atoms with Gasteiger partial charge in [0, 0.05) is 49.9 Å². The summed E-state index contributed by atoms with van der Waals surface area (Å²) in [6.07, 6.45) is 2.55. The van der Waals surface area contributed by atoms with Crippen molar-refractivity contribution >= 4 is 36.4 Å². The highest BCUT2D eigenvalue weighted by Crippen LogP contribution is 2.31. The Bertz CT molecular complexity index is 524. The van der Waals surface area contributed by atoms with E-state index in [4.69, 9.17) is 9.47 Å². The molecule has 1 fully saturated rings. The summed E-state index contributed by atoms with van der Waals surface area (Å²) in [5.41, 5.74) is 1.11. The molecular formula is C18H31Cl2N3O3. The molecule has 1 saturated heterocycles. The lowest BCUT2D eigenvalue weighted by atomic mass is 10.1. The zero-order valence-electron chi connectivity index (χ0n) is 15.7. The molecule has 1 aromatic carbocycles. The molecule has 1 amide bonds. The molecule has 0 aliphatic carbocycles. The van der Waals surface area contributed by atoms with E-state index in [0.29, 0.717) is 12.3 Å². The van der Waals surface area contributed by atoms with Crippen LogP contribution in [0, 0.1) is 5.92 Å². The number of benzene rings is 1. The molecule has 150 valence electrons. The average Bonchev–Trinajstić information content (AvgIpc) is 3.08. The molecule has 1 aliphatic heterocycles. The molecule has 1 heterocycles. The summed E-state index contributed by atoms with van der Waals surface area (Å²) in [7, 11) is 5.22. The van der Waals surface area contributed by atoms with Crippen LogP contribution in [0.15, 0.2) is 18.2 Å². The van der Waals surface area contributed by atoms with Crippen LogP contribution in [0.2, 0.25) is 0 Å². The van der Waals surface area contributed by atoms with Crippen LogP contribution in [0.1, 0.15) is 19.3 Å². The molecule has 2 N–H and O–H groups in total. The van der Waals surface area contributed by atoms with Crippen molar-refractivity contribution in [3.05, 3.63) is 18.2 Å². The Morgan fingerprint density at radius 2 is 1.85 bits per heavy atom. The second-order valence-electron chi connectivity index (χ2n) is 6.18. The van der Waals surface area contributed by atoms with Crippen molar-refractivity contribution in [1.29, 1.82) is 0 Å². The van der Waals surface area contributed by atoms with Gasteiger partial charge in [-0.2, -0.15) is 0 Å². The van der Waals surface area contributed by atoms with Crippen LogP contribution in [0.4, 0.5) is 5.69 Å². The second-order valence-corrected chi connectivity index (χ2v) is 6.18. The molecule has 1 unspecified atom stereocenters. The lowest BCUT2D eigenvalue weighted by Gasteiger charge is -2.20. The predicted octanol–water partition coefficient (Wildman–Crippen LogP) is 2.49. The zero-order valence-corrected chi connectivity index (χ0v) is 17.4. The third-order valence-electron chi connectivity index (χ3n) is 4.41. The van der Waals surface area contributed by atoms with Crippen LogP contribution in [0.3, 0.4) is 0 Å². The Balaban J connectivity index is 0.00000312. The minimum Gasteiger partial charge on any atom is -0.497 e. The average molecular weight is 408 g/mol. The minimum atomic E-state index is 0. The first-order valence-electron chi connectivity index (χ1n) is 8.55. The molecule has 0 spiro atoms. The predicted molar refractivity (Wildman–Crippen MR) is 111 cm³/mol. The maximum atomic E-state index is 11.8. The van der Waals surface area contributed by atoms with Crippen molar-refractivity contribution in [3.8, 4) is 11.5 Å².